The number of esters is 1. The van der Waals surface area contributed by atoms with Crippen LogP contribution in [0.4, 0.5) is 0 Å². The maximum atomic E-state index is 11.8. The third-order valence-corrected chi connectivity index (χ3v) is 2.44. The van der Waals surface area contributed by atoms with Crippen LogP contribution in [-0.4, -0.2) is 24.5 Å². The Balaban J connectivity index is 4.16. The van der Waals surface area contributed by atoms with E-state index < -0.39 is 6.04 Å². The van der Waals surface area contributed by atoms with Gasteiger partial charge in [-0.2, -0.15) is 0 Å². The fraction of sp³-hybridized carbons (Fsp3) is 0.769. The lowest BCUT2D eigenvalue weighted by Gasteiger charge is -2.20. The van der Waals surface area contributed by atoms with E-state index in [0.717, 1.165) is 12.8 Å². The summed E-state index contributed by atoms with van der Waals surface area (Å²) in [5, 5.41) is 2.51. The Morgan fingerprint density at radius 1 is 1.35 bits per heavy atom. The molecule has 1 amide bonds. The molecule has 0 bridgehead atoms. The van der Waals surface area contributed by atoms with Crippen molar-refractivity contribution in [2.24, 2.45) is 5.92 Å². The summed E-state index contributed by atoms with van der Waals surface area (Å²) in [4.78, 5) is 22.2. The van der Waals surface area contributed by atoms with E-state index in [0.29, 0.717) is 18.7 Å². The van der Waals surface area contributed by atoms with Gasteiger partial charge in [-0.05, 0) is 38.5 Å². The second kappa shape index (κ2) is 9.02. The lowest BCUT2D eigenvalue weighted by molar-refractivity contribution is -0.152. The van der Waals surface area contributed by atoms with E-state index in [4.69, 9.17) is 4.74 Å². The molecule has 0 spiro atoms. The Morgan fingerprint density at radius 2 is 2.00 bits per heavy atom. The molecule has 0 rings (SSSR count). The first-order valence-electron chi connectivity index (χ1n) is 6.19. The standard InChI is InChI=1S/C13H24NO3/c1-5-6-7-11(4)17-13(16)12(14-9-15)8-10(2)3/h5,9-12H,6-8H2,1-4H3,(H,14,15)/t11-,12-/m0/s1. The van der Waals surface area contributed by atoms with Crippen molar-refractivity contribution in [3.8, 4) is 0 Å². The highest BCUT2D eigenvalue weighted by Gasteiger charge is 2.22. The van der Waals surface area contributed by atoms with Gasteiger partial charge < -0.3 is 10.1 Å². The van der Waals surface area contributed by atoms with Gasteiger partial charge in [0.1, 0.15) is 6.04 Å². The van der Waals surface area contributed by atoms with E-state index in [2.05, 4.69) is 5.32 Å². The van der Waals surface area contributed by atoms with Gasteiger partial charge >= 0.3 is 5.97 Å². The summed E-state index contributed by atoms with van der Waals surface area (Å²) in [5.74, 6) is -0.00585. The van der Waals surface area contributed by atoms with Gasteiger partial charge in [-0.3, -0.25) is 4.79 Å². The van der Waals surface area contributed by atoms with Gasteiger partial charge in [-0.15, -0.1) is 0 Å². The predicted octanol–water partition coefficient (Wildman–Crippen LogP) is 2.08. The predicted molar refractivity (Wildman–Crippen MR) is 67.2 cm³/mol. The average Bonchev–Trinajstić information content (AvgIpc) is 2.25. The van der Waals surface area contributed by atoms with Crippen molar-refractivity contribution < 1.29 is 14.3 Å². The van der Waals surface area contributed by atoms with Crippen LogP contribution in [0, 0.1) is 12.3 Å². The molecule has 99 valence electrons. The molecule has 0 unspecified atom stereocenters. The van der Waals surface area contributed by atoms with E-state index in [1.54, 1.807) is 0 Å². The monoisotopic (exact) mass is 242 g/mol. The molecule has 0 aromatic rings. The highest BCUT2D eigenvalue weighted by Crippen LogP contribution is 2.09. The molecular formula is C13H24NO3. The molecule has 17 heavy (non-hydrogen) atoms. The Morgan fingerprint density at radius 3 is 2.47 bits per heavy atom. The zero-order chi connectivity index (χ0) is 13.3. The van der Waals surface area contributed by atoms with Crippen molar-refractivity contribution in [2.45, 2.75) is 59.1 Å². The molecule has 0 saturated carbocycles. The quantitative estimate of drug-likeness (QED) is 0.497. The minimum absolute atomic E-state index is 0.109. The van der Waals surface area contributed by atoms with Crippen LogP contribution in [0.2, 0.25) is 0 Å². The normalized spacial score (nSPS) is 14.2. The average molecular weight is 242 g/mol. The minimum Gasteiger partial charge on any atom is -0.461 e. The van der Waals surface area contributed by atoms with E-state index in [1.165, 1.54) is 0 Å². The number of amides is 1. The van der Waals surface area contributed by atoms with Crippen LogP contribution in [0.3, 0.4) is 0 Å². The summed E-state index contributed by atoms with van der Waals surface area (Å²) >= 11 is 0. The highest BCUT2D eigenvalue weighted by atomic mass is 16.5. The van der Waals surface area contributed by atoms with Crippen molar-refractivity contribution in [1.82, 2.24) is 5.32 Å². The van der Waals surface area contributed by atoms with Crippen molar-refractivity contribution in [2.75, 3.05) is 0 Å². The number of unbranched alkanes of at least 4 members (excludes halogenated alkanes) is 1. The molecule has 0 aromatic heterocycles. The molecule has 1 radical (unpaired) electrons. The lowest BCUT2D eigenvalue weighted by atomic mass is 10.0. The fourth-order valence-corrected chi connectivity index (χ4v) is 1.53. The summed E-state index contributed by atoms with van der Waals surface area (Å²) in [7, 11) is 0. The summed E-state index contributed by atoms with van der Waals surface area (Å²) in [6.45, 7) is 7.85. The lowest BCUT2D eigenvalue weighted by Crippen LogP contribution is -2.39. The van der Waals surface area contributed by atoms with Crippen LogP contribution in [0.1, 0.15) is 47.0 Å². The second-order valence-corrected chi connectivity index (χ2v) is 4.70. The summed E-state index contributed by atoms with van der Waals surface area (Å²) < 4.78 is 5.29. The number of hydrogen-bond acceptors (Lipinski definition) is 3. The van der Waals surface area contributed by atoms with Crippen molar-refractivity contribution in [3.63, 3.8) is 0 Å². The van der Waals surface area contributed by atoms with Crippen LogP contribution < -0.4 is 5.32 Å². The molecule has 4 heteroatoms. The summed E-state index contributed by atoms with van der Waals surface area (Å²) in [6, 6.07) is -0.527. The second-order valence-electron chi connectivity index (χ2n) is 4.70. The first-order chi connectivity index (χ1) is 8.01. The van der Waals surface area contributed by atoms with Crippen LogP contribution in [0.25, 0.3) is 0 Å². The van der Waals surface area contributed by atoms with Crippen molar-refractivity contribution in [1.29, 1.82) is 0 Å². The molecule has 0 aliphatic carbocycles. The summed E-state index contributed by atoms with van der Waals surface area (Å²) in [6.07, 6.45) is 4.83. The van der Waals surface area contributed by atoms with Crippen molar-refractivity contribution in [3.05, 3.63) is 6.42 Å². The number of carbonyl (C=O) groups is 2. The van der Waals surface area contributed by atoms with Gasteiger partial charge in [-0.1, -0.05) is 20.8 Å². The first kappa shape index (κ1) is 15.9. The largest absolute Gasteiger partial charge is 0.461 e. The van der Waals surface area contributed by atoms with Crippen LogP contribution >= 0.6 is 0 Å². The Hall–Kier alpha value is -1.06. The van der Waals surface area contributed by atoms with Gasteiger partial charge in [0.2, 0.25) is 6.41 Å². The number of rotatable bonds is 9. The third-order valence-electron chi connectivity index (χ3n) is 2.44. The van der Waals surface area contributed by atoms with E-state index in [-0.39, 0.29) is 12.1 Å². The number of ether oxygens (including phenoxy) is 1. The summed E-state index contributed by atoms with van der Waals surface area (Å²) in [5.41, 5.74) is 0. The van der Waals surface area contributed by atoms with Crippen molar-refractivity contribution >= 4 is 12.4 Å². The molecule has 0 aromatic carbocycles. The van der Waals surface area contributed by atoms with E-state index in [9.17, 15) is 9.59 Å². The van der Waals surface area contributed by atoms with Gasteiger partial charge in [0, 0.05) is 0 Å². The van der Waals surface area contributed by atoms with Gasteiger partial charge in [0.15, 0.2) is 0 Å². The molecule has 0 fully saturated rings. The smallest absolute Gasteiger partial charge is 0.328 e. The molecule has 0 heterocycles. The van der Waals surface area contributed by atoms with E-state index in [1.807, 2.05) is 34.1 Å². The molecule has 2 atom stereocenters. The van der Waals surface area contributed by atoms with Gasteiger partial charge in [-0.25, -0.2) is 4.79 Å². The molecule has 1 N–H and O–H groups in total. The van der Waals surface area contributed by atoms with Gasteiger partial charge in [0.05, 0.1) is 6.10 Å². The minimum atomic E-state index is -0.527. The number of nitrogens with one attached hydrogen (secondary N) is 1. The van der Waals surface area contributed by atoms with E-state index >= 15 is 0 Å². The Kier molecular flexibility index (Phi) is 8.46. The molecule has 4 nitrogen and oxygen atoms in total. The number of hydrogen-bond donors (Lipinski definition) is 1. The molecule has 0 aliphatic heterocycles. The fourth-order valence-electron chi connectivity index (χ4n) is 1.53. The topological polar surface area (TPSA) is 55.4 Å². The maximum Gasteiger partial charge on any atom is 0.328 e. The molecule has 0 aliphatic rings. The first-order valence-corrected chi connectivity index (χ1v) is 6.19. The SMILES string of the molecule is C[CH]CC[C@H](C)OC(=O)[C@H](CC(C)C)NC=O. The molecule has 0 saturated heterocycles. The third kappa shape index (κ3) is 7.77. The zero-order valence-corrected chi connectivity index (χ0v) is 11.2. The van der Waals surface area contributed by atoms with Crippen LogP contribution in [0.5, 0.6) is 0 Å². The van der Waals surface area contributed by atoms with Crippen LogP contribution in [0.15, 0.2) is 0 Å². The zero-order valence-electron chi connectivity index (χ0n) is 11.2. The maximum absolute atomic E-state index is 11.8. The van der Waals surface area contributed by atoms with Gasteiger partial charge in [0.25, 0.3) is 0 Å². The Bertz CT molecular complexity index is 229. The molecular weight excluding hydrogens is 218 g/mol. The number of carbonyl (C=O) groups excluding carboxylic acids is 2. The highest BCUT2D eigenvalue weighted by molar-refractivity contribution is 5.78. The Labute approximate surface area is 104 Å². The van der Waals surface area contributed by atoms with Crippen LogP contribution in [-0.2, 0) is 14.3 Å².